The Morgan fingerprint density at radius 3 is 2.37 bits per heavy atom. The van der Waals surface area contributed by atoms with Crippen molar-refractivity contribution in [1.29, 1.82) is 5.26 Å². The van der Waals surface area contributed by atoms with Gasteiger partial charge in [0.1, 0.15) is 6.07 Å². The maximum Gasteiger partial charge on any atom is 0.343 e. The van der Waals surface area contributed by atoms with Crippen LogP contribution in [0.15, 0.2) is 36.4 Å². The zero-order valence-electron chi connectivity index (χ0n) is 17.3. The molecule has 1 aliphatic rings. The van der Waals surface area contributed by atoms with Gasteiger partial charge in [0.15, 0.2) is 11.6 Å². The predicted molar refractivity (Wildman–Crippen MR) is 111 cm³/mol. The molecule has 0 saturated heterocycles. The van der Waals surface area contributed by atoms with Gasteiger partial charge >= 0.3 is 5.97 Å². The molecule has 1 aliphatic carbocycles. The van der Waals surface area contributed by atoms with Crippen molar-refractivity contribution in [2.45, 2.75) is 64.2 Å². The number of ether oxygens (including phenoxy) is 1. The first-order valence-corrected chi connectivity index (χ1v) is 10.7. The van der Waals surface area contributed by atoms with E-state index in [0.717, 1.165) is 30.9 Å². The zero-order valence-corrected chi connectivity index (χ0v) is 17.3. The summed E-state index contributed by atoms with van der Waals surface area (Å²) in [5.74, 6) is -2.60. The van der Waals surface area contributed by atoms with E-state index in [1.807, 2.05) is 12.1 Å². The molecule has 2 aromatic carbocycles. The van der Waals surface area contributed by atoms with Crippen LogP contribution in [0.2, 0.25) is 0 Å². The highest BCUT2D eigenvalue weighted by Gasteiger charge is 2.23. The largest absolute Gasteiger partial charge is 0.420 e. The number of esters is 1. The summed E-state index contributed by atoms with van der Waals surface area (Å²) in [6, 6.07) is 10.9. The first-order valence-electron chi connectivity index (χ1n) is 10.7. The summed E-state index contributed by atoms with van der Waals surface area (Å²) in [5.41, 5.74) is 1.04. The molecule has 0 radical (unpaired) electrons. The standard InChI is InChI=1S/C25H27F2NO2/c1-2-3-4-5-17-6-8-18(9-7-17)19-10-12-20(13-11-19)25(29)30-22-15-14-21(16-28)23(26)24(22)27/h10-15,17-18H,2-9H2,1H3/t17-,18-. The fourth-order valence-corrected chi connectivity index (χ4v) is 4.21. The molecule has 0 unspecified atom stereocenters. The minimum atomic E-state index is -1.34. The molecule has 1 saturated carbocycles. The number of hydrogen-bond acceptors (Lipinski definition) is 3. The Bertz CT molecular complexity index is 910. The van der Waals surface area contributed by atoms with Gasteiger partial charge in [-0.25, -0.2) is 9.18 Å². The van der Waals surface area contributed by atoms with Crippen LogP contribution in [0.5, 0.6) is 5.75 Å². The molecule has 0 aliphatic heterocycles. The summed E-state index contributed by atoms with van der Waals surface area (Å²) in [6.07, 6.45) is 10.1. The Balaban J connectivity index is 1.58. The predicted octanol–water partition coefficient (Wildman–Crippen LogP) is 6.91. The molecule has 158 valence electrons. The van der Waals surface area contributed by atoms with Crippen molar-refractivity contribution in [2.24, 2.45) is 5.92 Å². The van der Waals surface area contributed by atoms with Crippen molar-refractivity contribution in [3.63, 3.8) is 0 Å². The van der Waals surface area contributed by atoms with E-state index in [-0.39, 0.29) is 5.56 Å². The molecule has 0 amide bonds. The van der Waals surface area contributed by atoms with Gasteiger partial charge in [0.05, 0.1) is 11.1 Å². The van der Waals surface area contributed by atoms with E-state index >= 15 is 0 Å². The molecular weight excluding hydrogens is 384 g/mol. The third-order valence-electron chi connectivity index (χ3n) is 6.05. The molecule has 0 heterocycles. The Kier molecular flexibility index (Phi) is 7.57. The second-order valence-corrected chi connectivity index (χ2v) is 8.08. The third-order valence-corrected chi connectivity index (χ3v) is 6.05. The van der Waals surface area contributed by atoms with Gasteiger partial charge in [-0.3, -0.25) is 0 Å². The van der Waals surface area contributed by atoms with Gasteiger partial charge in [0, 0.05) is 0 Å². The number of hydrogen-bond donors (Lipinski definition) is 0. The highest BCUT2D eigenvalue weighted by Crippen LogP contribution is 2.37. The van der Waals surface area contributed by atoms with Gasteiger partial charge in [-0.15, -0.1) is 0 Å². The molecule has 0 spiro atoms. The summed E-state index contributed by atoms with van der Waals surface area (Å²) >= 11 is 0. The van der Waals surface area contributed by atoms with Crippen LogP contribution in [0, 0.1) is 28.9 Å². The molecule has 3 nitrogen and oxygen atoms in total. The Morgan fingerprint density at radius 2 is 1.73 bits per heavy atom. The highest BCUT2D eigenvalue weighted by atomic mass is 19.2. The highest BCUT2D eigenvalue weighted by molar-refractivity contribution is 5.91. The maximum atomic E-state index is 14.0. The number of nitrogens with zero attached hydrogens (tertiary/aromatic N) is 1. The van der Waals surface area contributed by atoms with E-state index in [1.165, 1.54) is 44.1 Å². The molecule has 5 heteroatoms. The molecule has 3 rings (SSSR count). The molecule has 30 heavy (non-hydrogen) atoms. The van der Waals surface area contributed by atoms with E-state index in [2.05, 4.69) is 6.92 Å². The molecule has 0 bridgehead atoms. The lowest BCUT2D eigenvalue weighted by atomic mass is 9.77. The SMILES string of the molecule is CCCCC[C@H]1CC[C@H](c2ccc(C(=O)Oc3ccc(C#N)c(F)c3F)cc2)CC1. The molecule has 1 fully saturated rings. The molecule has 0 N–H and O–H groups in total. The van der Waals surface area contributed by atoms with Crippen molar-refractivity contribution >= 4 is 5.97 Å². The van der Waals surface area contributed by atoms with Crippen molar-refractivity contribution in [3.8, 4) is 11.8 Å². The first kappa shape index (κ1) is 22.0. The fraction of sp³-hybridized carbons (Fsp3) is 0.440. The quantitative estimate of drug-likeness (QED) is 0.283. The summed E-state index contributed by atoms with van der Waals surface area (Å²) in [6.45, 7) is 2.23. The van der Waals surface area contributed by atoms with Crippen LogP contribution in [-0.2, 0) is 0 Å². The number of nitriles is 1. The smallest absolute Gasteiger partial charge is 0.343 e. The lowest BCUT2D eigenvalue weighted by Gasteiger charge is -2.29. The summed E-state index contributed by atoms with van der Waals surface area (Å²) in [7, 11) is 0. The van der Waals surface area contributed by atoms with Crippen LogP contribution < -0.4 is 4.74 Å². The van der Waals surface area contributed by atoms with E-state index in [0.29, 0.717) is 5.92 Å². The summed E-state index contributed by atoms with van der Waals surface area (Å²) in [4.78, 5) is 12.3. The van der Waals surface area contributed by atoms with E-state index in [4.69, 9.17) is 10.00 Å². The molecular formula is C25H27F2NO2. The topological polar surface area (TPSA) is 50.1 Å². The van der Waals surface area contributed by atoms with Gasteiger partial charge < -0.3 is 4.74 Å². The van der Waals surface area contributed by atoms with Crippen LogP contribution in [0.4, 0.5) is 8.78 Å². The van der Waals surface area contributed by atoms with Crippen LogP contribution >= 0.6 is 0 Å². The third kappa shape index (κ3) is 5.24. The minimum absolute atomic E-state index is 0.274. The molecule has 2 aromatic rings. The summed E-state index contributed by atoms with van der Waals surface area (Å²) in [5, 5.41) is 8.73. The first-order chi connectivity index (χ1) is 14.5. The van der Waals surface area contributed by atoms with Crippen molar-refractivity contribution in [2.75, 3.05) is 0 Å². The Labute approximate surface area is 176 Å². The van der Waals surface area contributed by atoms with Crippen molar-refractivity contribution in [1.82, 2.24) is 0 Å². The molecule has 0 aromatic heterocycles. The summed E-state index contributed by atoms with van der Waals surface area (Å²) < 4.78 is 32.7. The fourth-order valence-electron chi connectivity index (χ4n) is 4.21. The van der Waals surface area contributed by atoms with E-state index in [1.54, 1.807) is 18.2 Å². The second-order valence-electron chi connectivity index (χ2n) is 8.08. The van der Waals surface area contributed by atoms with Crippen molar-refractivity contribution < 1.29 is 18.3 Å². The van der Waals surface area contributed by atoms with E-state index < -0.39 is 28.9 Å². The zero-order chi connectivity index (χ0) is 21.5. The normalized spacial score (nSPS) is 18.6. The van der Waals surface area contributed by atoms with Gasteiger partial charge in [-0.05, 0) is 67.3 Å². The number of unbranched alkanes of at least 4 members (excludes halogenated alkanes) is 2. The Hall–Kier alpha value is -2.74. The number of carbonyl (C=O) groups excluding carboxylic acids is 1. The number of halogens is 2. The monoisotopic (exact) mass is 411 g/mol. The van der Waals surface area contributed by atoms with Gasteiger partial charge in [0.25, 0.3) is 0 Å². The number of benzene rings is 2. The van der Waals surface area contributed by atoms with Crippen LogP contribution in [-0.4, -0.2) is 5.97 Å². The van der Waals surface area contributed by atoms with Crippen LogP contribution in [0.25, 0.3) is 0 Å². The molecule has 0 atom stereocenters. The second kappa shape index (κ2) is 10.3. The minimum Gasteiger partial charge on any atom is -0.420 e. The van der Waals surface area contributed by atoms with Gasteiger partial charge in [0.2, 0.25) is 5.82 Å². The average molecular weight is 411 g/mol. The average Bonchev–Trinajstić information content (AvgIpc) is 2.78. The number of rotatable bonds is 7. The van der Waals surface area contributed by atoms with Crippen LogP contribution in [0.1, 0.15) is 85.7 Å². The van der Waals surface area contributed by atoms with Crippen molar-refractivity contribution in [3.05, 3.63) is 64.7 Å². The Morgan fingerprint density at radius 1 is 1.03 bits per heavy atom. The van der Waals surface area contributed by atoms with E-state index in [9.17, 15) is 13.6 Å². The number of carbonyl (C=O) groups is 1. The van der Waals surface area contributed by atoms with Gasteiger partial charge in [-0.1, -0.05) is 44.7 Å². The lowest BCUT2D eigenvalue weighted by Crippen LogP contribution is -2.14. The lowest BCUT2D eigenvalue weighted by molar-refractivity contribution is 0.0726. The maximum absolute atomic E-state index is 14.0. The van der Waals surface area contributed by atoms with Gasteiger partial charge in [-0.2, -0.15) is 9.65 Å². The van der Waals surface area contributed by atoms with Crippen LogP contribution in [0.3, 0.4) is 0 Å².